The first-order valence-electron chi connectivity index (χ1n) is 7.79. The fraction of sp³-hybridized carbons (Fsp3) is 0.857. The Labute approximate surface area is 124 Å². The van der Waals surface area contributed by atoms with Gasteiger partial charge in [0.25, 0.3) is 0 Å². The van der Waals surface area contributed by atoms with Crippen LogP contribution in [-0.2, 0) is 0 Å². The van der Waals surface area contributed by atoms with Crippen LogP contribution in [0.15, 0.2) is 0 Å². The van der Waals surface area contributed by atoms with E-state index in [-0.39, 0.29) is 6.10 Å². The van der Waals surface area contributed by atoms with E-state index in [2.05, 4.69) is 19.6 Å². The Kier molecular flexibility index (Phi) is 4.86. The van der Waals surface area contributed by atoms with Crippen molar-refractivity contribution in [3.05, 3.63) is 5.82 Å². The number of rotatable bonds is 5. The van der Waals surface area contributed by atoms with Gasteiger partial charge in [-0.15, -0.1) is 0 Å². The molecule has 0 atom stereocenters. The van der Waals surface area contributed by atoms with Gasteiger partial charge in [-0.3, -0.25) is 0 Å². The zero-order valence-corrected chi connectivity index (χ0v) is 12.7. The summed E-state index contributed by atoms with van der Waals surface area (Å²) < 4.78 is 4.49. The minimum absolute atomic E-state index is 0.0867. The maximum Gasteiger partial charge on any atom is 0.202 e. The monoisotopic (exact) mass is 296 g/mol. The van der Waals surface area contributed by atoms with E-state index >= 15 is 0 Å². The third-order valence-electron chi connectivity index (χ3n) is 4.42. The fourth-order valence-electron chi connectivity index (χ4n) is 3.12. The minimum Gasteiger partial charge on any atom is -0.393 e. The van der Waals surface area contributed by atoms with Crippen molar-refractivity contribution in [3.8, 4) is 0 Å². The minimum atomic E-state index is -0.0867. The van der Waals surface area contributed by atoms with E-state index in [1.807, 2.05) is 0 Å². The molecule has 1 aliphatic carbocycles. The predicted octanol–water partition coefficient (Wildman–Crippen LogP) is 2.06. The van der Waals surface area contributed by atoms with Crippen molar-refractivity contribution in [2.24, 2.45) is 0 Å². The van der Waals surface area contributed by atoms with Crippen molar-refractivity contribution in [1.29, 1.82) is 0 Å². The van der Waals surface area contributed by atoms with E-state index in [1.54, 1.807) is 0 Å². The average molecular weight is 296 g/mol. The van der Waals surface area contributed by atoms with Crippen molar-refractivity contribution in [1.82, 2.24) is 14.3 Å². The fourth-order valence-corrected chi connectivity index (χ4v) is 3.79. The highest BCUT2D eigenvalue weighted by atomic mass is 32.1. The molecule has 0 bridgehead atoms. The van der Waals surface area contributed by atoms with Crippen molar-refractivity contribution < 1.29 is 5.11 Å². The average Bonchev–Trinajstić information content (AvgIpc) is 3.11. The van der Waals surface area contributed by atoms with Crippen LogP contribution in [0.2, 0.25) is 0 Å². The van der Waals surface area contributed by atoms with Gasteiger partial charge in [-0.1, -0.05) is 12.8 Å². The van der Waals surface area contributed by atoms with Crippen LogP contribution >= 0.6 is 11.5 Å². The van der Waals surface area contributed by atoms with Gasteiger partial charge in [-0.2, -0.15) is 4.37 Å². The lowest BCUT2D eigenvalue weighted by Gasteiger charge is -2.29. The molecule has 1 aromatic rings. The molecule has 0 aromatic carbocycles. The number of aliphatic hydroxyl groups excluding tert-OH is 1. The maximum absolute atomic E-state index is 9.48. The molecule has 2 fully saturated rings. The summed E-state index contributed by atoms with van der Waals surface area (Å²) in [6.45, 7) is 3.94. The van der Waals surface area contributed by atoms with Gasteiger partial charge in [-0.05, 0) is 25.7 Å². The number of hydrogen-bond donors (Lipinski definition) is 2. The van der Waals surface area contributed by atoms with Gasteiger partial charge < -0.3 is 15.3 Å². The molecule has 1 saturated carbocycles. The van der Waals surface area contributed by atoms with Crippen LogP contribution in [0.5, 0.6) is 0 Å². The Balaban J connectivity index is 1.40. The highest BCUT2D eigenvalue weighted by molar-refractivity contribution is 7.09. The van der Waals surface area contributed by atoms with Gasteiger partial charge in [0.15, 0.2) is 0 Å². The number of nitrogens with zero attached hydrogens (tertiary/aromatic N) is 3. The molecular formula is C14H24N4OS. The zero-order valence-electron chi connectivity index (χ0n) is 11.9. The molecule has 0 radical (unpaired) electrons. The number of piperidine rings is 1. The molecule has 0 amide bonds. The van der Waals surface area contributed by atoms with Gasteiger partial charge in [-0.25, -0.2) is 4.98 Å². The summed E-state index contributed by atoms with van der Waals surface area (Å²) in [4.78, 5) is 7.03. The summed E-state index contributed by atoms with van der Waals surface area (Å²) >= 11 is 1.49. The van der Waals surface area contributed by atoms with Gasteiger partial charge >= 0.3 is 0 Å². The van der Waals surface area contributed by atoms with Crippen molar-refractivity contribution >= 4 is 16.7 Å². The standard InChI is InChI=1S/C14H24N4OS/c19-12-5-8-18(9-6-12)10-7-15-14-16-13(17-20-14)11-3-1-2-4-11/h11-12,19H,1-10H2,(H,15,16,17). The molecule has 3 rings (SSSR count). The summed E-state index contributed by atoms with van der Waals surface area (Å²) in [5.41, 5.74) is 0. The molecular weight excluding hydrogens is 272 g/mol. The van der Waals surface area contributed by atoms with Gasteiger partial charge in [0.1, 0.15) is 5.82 Å². The molecule has 0 unspecified atom stereocenters. The summed E-state index contributed by atoms with van der Waals surface area (Å²) in [6.07, 6.45) is 6.89. The lowest BCUT2D eigenvalue weighted by atomic mass is 10.1. The first-order chi connectivity index (χ1) is 9.81. The lowest BCUT2D eigenvalue weighted by molar-refractivity contribution is 0.0845. The van der Waals surface area contributed by atoms with Gasteiger partial charge in [0.2, 0.25) is 5.13 Å². The Hall–Kier alpha value is -0.720. The van der Waals surface area contributed by atoms with E-state index < -0.39 is 0 Å². The number of aliphatic hydroxyl groups is 1. The second kappa shape index (κ2) is 6.83. The number of nitrogens with one attached hydrogen (secondary N) is 1. The van der Waals surface area contributed by atoms with E-state index in [9.17, 15) is 5.11 Å². The first kappa shape index (κ1) is 14.2. The molecule has 2 N–H and O–H groups in total. The molecule has 5 nitrogen and oxygen atoms in total. The third-order valence-corrected chi connectivity index (χ3v) is 5.11. The Morgan fingerprint density at radius 2 is 1.95 bits per heavy atom. The second-order valence-corrected chi connectivity index (χ2v) is 6.69. The van der Waals surface area contributed by atoms with Crippen LogP contribution in [0, 0.1) is 0 Å². The van der Waals surface area contributed by atoms with E-state index in [1.165, 1.54) is 37.2 Å². The first-order valence-corrected chi connectivity index (χ1v) is 8.56. The number of likely N-dealkylation sites (tertiary alicyclic amines) is 1. The highest BCUT2D eigenvalue weighted by Gasteiger charge is 2.21. The molecule has 0 spiro atoms. The molecule has 2 aliphatic rings. The molecule has 1 aromatic heterocycles. The van der Waals surface area contributed by atoms with Crippen molar-refractivity contribution in [2.45, 2.75) is 50.5 Å². The predicted molar refractivity (Wildman–Crippen MR) is 81.3 cm³/mol. The zero-order chi connectivity index (χ0) is 13.8. The summed E-state index contributed by atoms with van der Waals surface area (Å²) in [5.74, 6) is 1.65. The second-order valence-electron chi connectivity index (χ2n) is 5.94. The van der Waals surface area contributed by atoms with Crippen LogP contribution in [-0.4, -0.2) is 51.6 Å². The molecule has 1 saturated heterocycles. The number of aromatic nitrogens is 2. The summed E-state index contributed by atoms with van der Waals surface area (Å²) in [6, 6.07) is 0. The molecule has 112 valence electrons. The molecule has 2 heterocycles. The van der Waals surface area contributed by atoms with Crippen LogP contribution in [0.25, 0.3) is 0 Å². The number of anilines is 1. The maximum atomic E-state index is 9.48. The van der Waals surface area contributed by atoms with Gasteiger partial charge in [0, 0.05) is 43.6 Å². The Morgan fingerprint density at radius 1 is 1.20 bits per heavy atom. The third kappa shape index (κ3) is 3.68. The van der Waals surface area contributed by atoms with Crippen LogP contribution in [0.1, 0.15) is 50.3 Å². The van der Waals surface area contributed by atoms with Crippen molar-refractivity contribution in [3.63, 3.8) is 0 Å². The van der Waals surface area contributed by atoms with Gasteiger partial charge in [0.05, 0.1) is 6.10 Å². The Morgan fingerprint density at radius 3 is 2.70 bits per heavy atom. The topological polar surface area (TPSA) is 61.3 Å². The lowest BCUT2D eigenvalue weighted by Crippen LogP contribution is -2.38. The normalized spacial score (nSPS) is 22.4. The van der Waals surface area contributed by atoms with E-state index in [4.69, 9.17) is 0 Å². The SMILES string of the molecule is OC1CCN(CCNc2nc(C3CCCC3)ns2)CC1. The van der Waals surface area contributed by atoms with Crippen LogP contribution in [0.3, 0.4) is 0 Å². The largest absolute Gasteiger partial charge is 0.393 e. The highest BCUT2D eigenvalue weighted by Crippen LogP contribution is 2.33. The summed E-state index contributed by atoms with van der Waals surface area (Å²) in [5, 5.41) is 13.8. The quantitative estimate of drug-likeness (QED) is 0.871. The molecule has 20 heavy (non-hydrogen) atoms. The Bertz CT molecular complexity index is 411. The number of hydrogen-bond acceptors (Lipinski definition) is 6. The smallest absolute Gasteiger partial charge is 0.202 e. The molecule has 6 heteroatoms. The van der Waals surface area contributed by atoms with E-state index in [0.29, 0.717) is 5.92 Å². The summed E-state index contributed by atoms with van der Waals surface area (Å²) in [7, 11) is 0. The van der Waals surface area contributed by atoms with Crippen LogP contribution < -0.4 is 5.32 Å². The molecule has 1 aliphatic heterocycles. The van der Waals surface area contributed by atoms with E-state index in [0.717, 1.165) is 50.0 Å². The van der Waals surface area contributed by atoms with Crippen LogP contribution in [0.4, 0.5) is 5.13 Å². The van der Waals surface area contributed by atoms with Crippen molar-refractivity contribution in [2.75, 3.05) is 31.5 Å².